The number of benzene rings is 8. The molecule has 3 aromatic heterocycles. The van der Waals surface area contributed by atoms with Gasteiger partial charge in [0.25, 0.3) is 0 Å². The maximum absolute atomic E-state index is 6.29. The molecule has 0 aliphatic rings. The number of hydrogen-bond acceptors (Lipinski definition) is 4. The van der Waals surface area contributed by atoms with Gasteiger partial charge in [0.2, 0.25) is 0 Å². The monoisotopic (exact) mass is 729 g/mol. The maximum atomic E-state index is 6.29. The van der Waals surface area contributed by atoms with Crippen LogP contribution >= 0.6 is 0 Å². The van der Waals surface area contributed by atoms with Gasteiger partial charge in [0.05, 0.1) is 0 Å². The van der Waals surface area contributed by atoms with E-state index < -0.39 is 0 Å². The normalized spacial score (nSPS) is 11.8. The number of rotatable bonds is 4. The van der Waals surface area contributed by atoms with E-state index in [1.165, 1.54) is 46.4 Å². The Kier molecular flexibility index (Phi) is 6.53. The van der Waals surface area contributed by atoms with Gasteiger partial charge in [0.1, 0.15) is 0 Å². The molecule has 0 spiro atoms. The predicted molar refractivity (Wildman–Crippen MR) is 216 cm³/mol. The molecule has 242 valence electrons. The molecule has 0 bridgehead atoms. The van der Waals surface area contributed by atoms with Gasteiger partial charge in [-0.1, -0.05) is 12.1 Å². The van der Waals surface area contributed by atoms with Crippen molar-refractivity contribution in [2.75, 3.05) is 0 Å². The summed E-state index contributed by atoms with van der Waals surface area (Å²) in [4.78, 5) is 15.5. The second-order valence-corrected chi connectivity index (χ2v) is 15.3. The fourth-order valence-corrected chi connectivity index (χ4v) is 10.7. The van der Waals surface area contributed by atoms with E-state index in [1.807, 2.05) is 36.4 Å². The van der Waals surface area contributed by atoms with Gasteiger partial charge in [-0.15, -0.1) is 0 Å². The zero-order valence-corrected chi connectivity index (χ0v) is 29.5. The summed E-state index contributed by atoms with van der Waals surface area (Å²) in [6.07, 6.45) is 0. The number of fused-ring (bicyclic) bond motifs is 10. The molecule has 3 heterocycles. The molecule has 52 heavy (non-hydrogen) atoms. The molecule has 0 saturated heterocycles. The van der Waals surface area contributed by atoms with Crippen LogP contribution in [0.3, 0.4) is 0 Å². The zero-order valence-electron chi connectivity index (χ0n) is 27.7. The van der Waals surface area contributed by atoms with Gasteiger partial charge in [-0.2, -0.15) is 0 Å². The summed E-state index contributed by atoms with van der Waals surface area (Å²) >= 11 is 0.0416. The number of nitrogens with zero attached hydrogens (tertiary/aromatic N) is 3. The second kappa shape index (κ2) is 11.6. The van der Waals surface area contributed by atoms with Crippen LogP contribution in [0.2, 0.25) is 0 Å². The molecule has 0 radical (unpaired) electrons. The van der Waals surface area contributed by atoms with E-state index in [0.717, 1.165) is 44.2 Å². The number of hydrogen-bond donors (Lipinski definition) is 0. The first kappa shape index (κ1) is 29.4. The SMILES string of the molecule is c1ccc(-c2nc(-c3ccc4c(c3)oc3ccccc34)nc(-c3ccc4c([se]c5c4ccc4ccc6ccccc6c45)c3-c3ccccc3)n2)cc1. The fraction of sp³-hybridized carbons (Fsp3) is 0. The van der Waals surface area contributed by atoms with E-state index in [1.54, 1.807) is 0 Å². The van der Waals surface area contributed by atoms with Crippen LogP contribution in [0, 0.1) is 0 Å². The number of furan rings is 1. The van der Waals surface area contributed by atoms with E-state index in [-0.39, 0.29) is 14.5 Å². The summed E-state index contributed by atoms with van der Waals surface area (Å²) in [5, 5.41) is 10.0. The summed E-state index contributed by atoms with van der Waals surface area (Å²) in [6, 6.07) is 57.7. The molecule has 0 amide bonds. The van der Waals surface area contributed by atoms with Crippen LogP contribution in [-0.2, 0) is 0 Å². The Morgan fingerprint density at radius 2 is 0.981 bits per heavy atom. The molecule has 0 aliphatic carbocycles. The summed E-state index contributed by atoms with van der Waals surface area (Å²) in [5.41, 5.74) is 6.84. The van der Waals surface area contributed by atoms with E-state index in [2.05, 4.69) is 127 Å². The van der Waals surface area contributed by atoms with Gasteiger partial charge in [0, 0.05) is 0 Å². The van der Waals surface area contributed by atoms with Crippen LogP contribution in [0.25, 0.3) is 108 Å². The van der Waals surface area contributed by atoms with Gasteiger partial charge in [-0.3, -0.25) is 0 Å². The average Bonchev–Trinajstić information content (AvgIpc) is 3.79. The zero-order chi connectivity index (χ0) is 34.2. The van der Waals surface area contributed by atoms with Crippen LogP contribution in [0.4, 0.5) is 0 Å². The summed E-state index contributed by atoms with van der Waals surface area (Å²) < 4.78 is 9.09. The Morgan fingerprint density at radius 1 is 0.385 bits per heavy atom. The van der Waals surface area contributed by atoms with Crippen molar-refractivity contribution in [3.8, 4) is 45.3 Å². The Hall–Kier alpha value is -6.39. The standard InChI is InChI=1S/C47H27N3OSe/c1-3-12-29(13-4-1)42-38(26-25-37-36-24-21-30-20-19-28-11-7-8-16-33(28)41(30)43(36)52-44(37)42)47-49-45(31-14-5-2-6-15-31)48-46(50-47)32-22-23-35-34-17-9-10-18-39(34)51-40(35)27-32/h1-27H. The first-order chi connectivity index (χ1) is 25.8. The molecule has 0 aliphatic heterocycles. The predicted octanol–water partition coefficient (Wildman–Crippen LogP) is 12.1. The Balaban J connectivity index is 1.20. The van der Waals surface area contributed by atoms with Crippen molar-refractivity contribution in [3.63, 3.8) is 0 Å². The Labute approximate surface area is 304 Å². The second-order valence-electron chi connectivity index (χ2n) is 13.1. The van der Waals surface area contributed by atoms with Crippen LogP contribution in [0.1, 0.15) is 0 Å². The van der Waals surface area contributed by atoms with E-state index >= 15 is 0 Å². The molecule has 5 heteroatoms. The van der Waals surface area contributed by atoms with Crippen molar-refractivity contribution in [2.24, 2.45) is 0 Å². The van der Waals surface area contributed by atoms with Crippen LogP contribution < -0.4 is 0 Å². The minimum absolute atomic E-state index is 0.0416. The molecular weight excluding hydrogens is 701 g/mol. The number of para-hydroxylation sites is 1. The van der Waals surface area contributed by atoms with Crippen LogP contribution in [0.5, 0.6) is 0 Å². The molecule has 4 nitrogen and oxygen atoms in total. The molecule has 0 unspecified atom stereocenters. The third kappa shape index (κ3) is 4.57. The van der Waals surface area contributed by atoms with Crippen molar-refractivity contribution >= 4 is 77.3 Å². The summed E-state index contributed by atoms with van der Waals surface area (Å²) in [7, 11) is 0. The van der Waals surface area contributed by atoms with Crippen LogP contribution in [0.15, 0.2) is 168 Å². The Morgan fingerprint density at radius 3 is 1.83 bits per heavy atom. The third-order valence-corrected chi connectivity index (χ3v) is 12.8. The molecule has 0 fully saturated rings. The van der Waals surface area contributed by atoms with E-state index in [0.29, 0.717) is 17.5 Å². The third-order valence-electron chi connectivity index (χ3n) is 10.1. The van der Waals surface area contributed by atoms with Gasteiger partial charge in [-0.25, -0.2) is 0 Å². The summed E-state index contributed by atoms with van der Waals surface area (Å²) in [6.45, 7) is 0. The molecule has 0 atom stereocenters. The first-order valence-electron chi connectivity index (χ1n) is 17.4. The van der Waals surface area contributed by atoms with Crippen LogP contribution in [-0.4, -0.2) is 29.5 Å². The average molecular weight is 729 g/mol. The molecule has 0 N–H and O–H groups in total. The number of aromatic nitrogens is 3. The van der Waals surface area contributed by atoms with Gasteiger partial charge >= 0.3 is 294 Å². The van der Waals surface area contributed by atoms with Crippen molar-refractivity contribution < 1.29 is 4.42 Å². The topological polar surface area (TPSA) is 51.8 Å². The quantitative estimate of drug-likeness (QED) is 0.134. The van der Waals surface area contributed by atoms with Crippen molar-refractivity contribution in [2.45, 2.75) is 0 Å². The first-order valence-corrected chi connectivity index (χ1v) is 19.1. The van der Waals surface area contributed by atoms with E-state index in [4.69, 9.17) is 19.4 Å². The van der Waals surface area contributed by atoms with Crippen molar-refractivity contribution in [1.29, 1.82) is 0 Å². The van der Waals surface area contributed by atoms with Gasteiger partial charge < -0.3 is 0 Å². The van der Waals surface area contributed by atoms with Crippen molar-refractivity contribution in [1.82, 2.24) is 15.0 Å². The Bertz CT molecular complexity index is 3180. The van der Waals surface area contributed by atoms with E-state index in [9.17, 15) is 0 Å². The van der Waals surface area contributed by atoms with Gasteiger partial charge in [-0.05, 0) is 0 Å². The summed E-state index contributed by atoms with van der Waals surface area (Å²) in [5.74, 6) is 1.89. The molecule has 0 saturated carbocycles. The fourth-order valence-electron chi connectivity index (χ4n) is 7.67. The molecule has 11 aromatic rings. The van der Waals surface area contributed by atoms with Gasteiger partial charge in [0.15, 0.2) is 0 Å². The molecule has 11 rings (SSSR count). The molecular formula is C47H27N3OSe. The van der Waals surface area contributed by atoms with Crippen molar-refractivity contribution in [3.05, 3.63) is 164 Å². The molecule has 8 aromatic carbocycles. The minimum atomic E-state index is 0.0416.